The Bertz CT molecular complexity index is 807. The summed E-state index contributed by atoms with van der Waals surface area (Å²) in [4.78, 5) is 21.6. The highest BCUT2D eigenvalue weighted by atomic mass is 32.2. The van der Waals surface area contributed by atoms with E-state index in [0.29, 0.717) is 0 Å². The number of hydrogen-bond donors (Lipinski definition) is 0. The van der Waals surface area contributed by atoms with Crippen molar-refractivity contribution < 1.29 is 4.79 Å². The molecule has 0 unspecified atom stereocenters. The Labute approximate surface area is 140 Å². The van der Waals surface area contributed by atoms with E-state index >= 15 is 0 Å². The molecule has 23 heavy (non-hydrogen) atoms. The molecule has 0 aliphatic carbocycles. The van der Waals surface area contributed by atoms with E-state index in [9.17, 15) is 4.79 Å². The van der Waals surface area contributed by atoms with E-state index < -0.39 is 0 Å². The van der Waals surface area contributed by atoms with Crippen LogP contribution in [0.1, 0.15) is 35.7 Å². The van der Waals surface area contributed by atoms with Crippen molar-refractivity contribution >= 4 is 29.1 Å². The number of carbonyl (C=O) groups excluding carboxylic acids is 1. The highest BCUT2D eigenvalue weighted by Gasteiger charge is 2.21. The number of amides is 1. The molecular formula is C19H18N2OS. The van der Waals surface area contributed by atoms with Crippen LogP contribution in [0.2, 0.25) is 0 Å². The zero-order valence-electron chi connectivity index (χ0n) is 13.1. The molecule has 1 fully saturated rings. The summed E-state index contributed by atoms with van der Waals surface area (Å²) in [7, 11) is 0. The minimum Gasteiger partial charge on any atom is -0.339 e. The van der Waals surface area contributed by atoms with Crippen LogP contribution >= 0.6 is 11.8 Å². The van der Waals surface area contributed by atoms with Crippen molar-refractivity contribution in [3.8, 4) is 0 Å². The van der Waals surface area contributed by atoms with Crippen molar-refractivity contribution in [2.24, 2.45) is 4.99 Å². The van der Waals surface area contributed by atoms with Crippen molar-refractivity contribution in [2.75, 3.05) is 13.1 Å². The Kier molecular flexibility index (Phi) is 3.69. The number of likely N-dealkylation sites (tertiary alicyclic amines) is 1. The highest BCUT2D eigenvalue weighted by molar-refractivity contribution is 7.99. The lowest BCUT2D eigenvalue weighted by Crippen LogP contribution is -2.27. The predicted octanol–water partition coefficient (Wildman–Crippen LogP) is 4.53. The fourth-order valence-electron chi connectivity index (χ4n) is 3.14. The SMILES string of the molecule is CC1=Nc2cc(C(=O)N3CCCC3)ccc2Sc2ccccc21. The Morgan fingerprint density at radius 1 is 1.09 bits per heavy atom. The Balaban J connectivity index is 1.73. The number of fused-ring (bicyclic) bond motifs is 2. The first kappa shape index (κ1) is 14.5. The van der Waals surface area contributed by atoms with Gasteiger partial charge in [-0.1, -0.05) is 30.0 Å². The van der Waals surface area contributed by atoms with Crippen LogP contribution in [0.4, 0.5) is 5.69 Å². The molecule has 0 bridgehead atoms. The maximum Gasteiger partial charge on any atom is 0.253 e. The van der Waals surface area contributed by atoms with Crippen molar-refractivity contribution in [1.82, 2.24) is 4.90 Å². The van der Waals surface area contributed by atoms with E-state index in [0.717, 1.165) is 47.8 Å². The van der Waals surface area contributed by atoms with Gasteiger partial charge in [0.15, 0.2) is 0 Å². The maximum absolute atomic E-state index is 12.6. The second-order valence-corrected chi connectivity index (χ2v) is 7.06. The lowest BCUT2D eigenvalue weighted by atomic mass is 10.1. The average Bonchev–Trinajstić information content (AvgIpc) is 3.06. The molecule has 2 aliphatic rings. The fraction of sp³-hybridized carbons (Fsp3) is 0.263. The van der Waals surface area contributed by atoms with E-state index in [2.05, 4.69) is 18.2 Å². The Morgan fingerprint density at radius 2 is 1.87 bits per heavy atom. The van der Waals surface area contributed by atoms with Crippen LogP contribution < -0.4 is 0 Å². The molecule has 2 heterocycles. The minimum atomic E-state index is 0.130. The van der Waals surface area contributed by atoms with Crippen LogP contribution in [0, 0.1) is 0 Å². The number of nitrogens with zero attached hydrogens (tertiary/aromatic N) is 2. The molecule has 2 aromatic rings. The summed E-state index contributed by atoms with van der Waals surface area (Å²) in [5.41, 5.74) is 3.81. The van der Waals surface area contributed by atoms with E-state index in [1.165, 1.54) is 10.5 Å². The zero-order chi connectivity index (χ0) is 15.8. The standard InChI is InChI=1S/C19H18N2OS/c1-13-15-6-2-3-7-17(15)23-18-9-8-14(12-16(18)20-13)19(22)21-10-4-5-11-21/h2-3,6-9,12H,4-5,10-11H2,1H3. The lowest BCUT2D eigenvalue weighted by Gasteiger charge is -2.15. The third-order valence-corrected chi connectivity index (χ3v) is 5.53. The smallest absolute Gasteiger partial charge is 0.253 e. The number of rotatable bonds is 1. The molecule has 1 amide bonds. The fourth-order valence-corrected chi connectivity index (χ4v) is 4.20. The van der Waals surface area contributed by atoms with Gasteiger partial charge in [0.1, 0.15) is 0 Å². The van der Waals surface area contributed by atoms with Gasteiger partial charge in [0.05, 0.1) is 5.69 Å². The minimum absolute atomic E-state index is 0.130. The van der Waals surface area contributed by atoms with Gasteiger partial charge < -0.3 is 4.90 Å². The van der Waals surface area contributed by atoms with Gasteiger partial charge in [-0.15, -0.1) is 0 Å². The first-order chi connectivity index (χ1) is 11.2. The first-order valence-corrected chi connectivity index (χ1v) is 8.80. The van der Waals surface area contributed by atoms with E-state index in [1.54, 1.807) is 11.8 Å². The van der Waals surface area contributed by atoms with Gasteiger partial charge >= 0.3 is 0 Å². The normalized spacial score (nSPS) is 16.4. The second-order valence-electron chi connectivity index (χ2n) is 5.98. The Hall–Kier alpha value is -2.07. The van der Waals surface area contributed by atoms with Crippen molar-refractivity contribution in [3.05, 3.63) is 53.6 Å². The van der Waals surface area contributed by atoms with Crippen molar-refractivity contribution in [3.63, 3.8) is 0 Å². The van der Waals surface area contributed by atoms with Crippen molar-refractivity contribution in [1.29, 1.82) is 0 Å². The molecule has 2 aromatic carbocycles. The zero-order valence-corrected chi connectivity index (χ0v) is 13.9. The van der Waals surface area contributed by atoms with Gasteiger partial charge in [-0.3, -0.25) is 9.79 Å². The largest absolute Gasteiger partial charge is 0.339 e. The van der Waals surface area contributed by atoms with Crippen LogP contribution in [0.15, 0.2) is 57.2 Å². The molecule has 4 heteroatoms. The molecule has 0 saturated carbocycles. The molecule has 1 saturated heterocycles. The molecule has 3 nitrogen and oxygen atoms in total. The molecule has 0 radical (unpaired) electrons. The number of hydrogen-bond acceptors (Lipinski definition) is 3. The summed E-state index contributed by atoms with van der Waals surface area (Å²) >= 11 is 1.72. The molecule has 0 aromatic heterocycles. The van der Waals surface area contributed by atoms with E-state index in [-0.39, 0.29) is 5.91 Å². The van der Waals surface area contributed by atoms with Crippen LogP contribution in [0.3, 0.4) is 0 Å². The Morgan fingerprint density at radius 3 is 2.70 bits per heavy atom. The van der Waals surface area contributed by atoms with Gasteiger partial charge in [0, 0.05) is 39.7 Å². The molecule has 116 valence electrons. The van der Waals surface area contributed by atoms with Gasteiger partial charge in [-0.05, 0) is 44.0 Å². The molecule has 4 rings (SSSR count). The third-order valence-electron chi connectivity index (χ3n) is 4.38. The molecule has 2 aliphatic heterocycles. The summed E-state index contributed by atoms with van der Waals surface area (Å²) in [6, 6.07) is 14.2. The van der Waals surface area contributed by atoms with E-state index in [1.807, 2.05) is 36.1 Å². The van der Waals surface area contributed by atoms with Crippen LogP contribution in [0.25, 0.3) is 0 Å². The molecule has 0 atom stereocenters. The number of carbonyl (C=O) groups is 1. The van der Waals surface area contributed by atoms with Crippen molar-refractivity contribution in [2.45, 2.75) is 29.6 Å². The summed E-state index contributed by atoms with van der Waals surface area (Å²) in [5.74, 6) is 0.130. The first-order valence-electron chi connectivity index (χ1n) is 7.98. The molecular weight excluding hydrogens is 304 g/mol. The summed E-state index contributed by atoms with van der Waals surface area (Å²) in [6.07, 6.45) is 2.22. The third kappa shape index (κ3) is 2.68. The van der Waals surface area contributed by atoms with Crippen LogP contribution in [-0.2, 0) is 0 Å². The predicted molar refractivity (Wildman–Crippen MR) is 94.0 cm³/mol. The lowest BCUT2D eigenvalue weighted by molar-refractivity contribution is 0.0793. The highest BCUT2D eigenvalue weighted by Crippen LogP contribution is 2.40. The van der Waals surface area contributed by atoms with Gasteiger partial charge in [-0.2, -0.15) is 0 Å². The van der Waals surface area contributed by atoms with E-state index in [4.69, 9.17) is 4.99 Å². The van der Waals surface area contributed by atoms with Crippen LogP contribution in [-0.4, -0.2) is 29.6 Å². The summed E-state index contributed by atoms with van der Waals surface area (Å²) < 4.78 is 0. The summed E-state index contributed by atoms with van der Waals surface area (Å²) in [5, 5.41) is 0. The van der Waals surface area contributed by atoms with Gasteiger partial charge in [0.2, 0.25) is 0 Å². The van der Waals surface area contributed by atoms with Gasteiger partial charge in [0.25, 0.3) is 5.91 Å². The van der Waals surface area contributed by atoms with Crippen LogP contribution in [0.5, 0.6) is 0 Å². The second kappa shape index (κ2) is 5.85. The van der Waals surface area contributed by atoms with Gasteiger partial charge in [-0.25, -0.2) is 0 Å². The number of benzene rings is 2. The molecule has 0 spiro atoms. The average molecular weight is 322 g/mol. The molecule has 0 N–H and O–H groups in total. The summed E-state index contributed by atoms with van der Waals surface area (Å²) in [6.45, 7) is 3.78. The monoisotopic (exact) mass is 322 g/mol. The number of aliphatic imine (C=N–C) groups is 1. The topological polar surface area (TPSA) is 32.7 Å². The maximum atomic E-state index is 12.6. The quantitative estimate of drug-likeness (QED) is 0.773.